The van der Waals surface area contributed by atoms with Crippen molar-refractivity contribution in [2.24, 2.45) is 11.3 Å². The van der Waals surface area contributed by atoms with Gasteiger partial charge in [0.2, 0.25) is 0 Å². The molecule has 1 spiro atoms. The van der Waals surface area contributed by atoms with Crippen LogP contribution in [0, 0.1) is 11.3 Å². The number of anilines is 1. The Labute approximate surface area is 92.1 Å². The number of hydrogen-bond acceptors (Lipinski definition) is 1. The first-order chi connectivity index (χ1) is 7.27. The van der Waals surface area contributed by atoms with Crippen LogP contribution in [-0.2, 0) is 0 Å². The van der Waals surface area contributed by atoms with Gasteiger partial charge in [-0.3, -0.25) is 0 Å². The molecule has 1 atom stereocenters. The highest BCUT2D eigenvalue weighted by atomic mass is 15.2. The fourth-order valence-corrected chi connectivity index (χ4v) is 3.37. The smallest absolute Gasteiger partial charge is 0.0366 e. The second-order valence-corrected chi connectivity index (χ2v) is 5.54. The minimum atomic E-state index is 0.690. The van der Waals surface area contributed by atoms with E-state index in [1.807, 2.05) is 0 Å². The van der Waals surface area contributed by atoms with Gasteiger partial charge in [-0.2, -0.15) is 0 Å². The average Bonchev–Trinajstić information content (AvgIpc) is 2.60. The maximum Gasteiger partial charge on any atom is 0.0366 e. The molecule has 1 heterocycles. The lowest BCUT2D eigenvalue weighted by atomic mass is 9.77. The standard InChI is InChI=1S/C14H19N/c1-12-7-8-14(9-12)10-15(11-14)13-5-3-2-4-6-13/h2-6,12H,7-11H2,1H3. The molecular weight excluding hydrogens is 182 g/mol. The van der Waals surface area contributed by atoms with Crippen LogP contribution in [0.15, 0.2) is 30.3 Å². The van der Waals surface area contributed by atoms with Gasteiger partial charge in [-0.25, -0.2) is 0 Å². The van der Waals surface area contributed by atoms with Gasteiger partial charge in [-0.15, -0.1) is 0 Å². The first kappa shape index (κ1) is 9.26. The molecule has 0 bridgehead atoms. The van der Waals surface area contributed by atoms with Crippen LogP contribution in [0.1, 0.15) is 26.2 Å². The summed E-state index contributed by atoms with van der Waals surface area (Å²) in [5.74, 6) is 0.961. The summed E-state index contributed by atoms with van der Waals surface area (Å²) in [6.07, 6.45) is 4.36. The molecule has 1 aromatic rings. The molecule has 80 valence electrons. The van der Waals surface area contributed by atoms with E-state index in [-0.39, 0.29) is 0 Å². The monoisotopic (exact) mass is 201 g/mol. The first-order valence-electron chi connectivity index (χ1n) is 6.07. The molecule has 15 heavy (non-hydrogen) atoms. The molecule has 1 heteroatoms. The Bertz CT molecular complexity index is 338. The van der Waals surface area contributed by atoms with Gasteiger partial charge in [-0.1, -0.05) is 31.5 Å². The highest BCUT2D eigenvalue weighted by molar-refractivity contribution is 5.49. The lowest BCUT2D eigenvalue weighted by molar-refractivity contribution is 0.214. The molecule has 1 unspecified atom stereocenters. The fourth-order valence-electron chi connectivity index (χ4n) is 3.37. The third-order valence-corrected chi connectivity index (χ3v) is 4.12. The zero-order valence-corrected chi connectivity index (χ0v) is 9.45. The van der Waals surface area contributed by atoms with Crippen LogP contribution in [0.2, 0.25) is 0 Å². The van der Waals surface area contributed by atoms with Crippen molar-refractivity contribution < 1.29 is 0 Å². The number of rotatable bonds is 1. The van der Waals surface area contributed by atoms with Crippen LogP contribution in [0.4, 0.5) is 5.69 Å². The van der Waals surface area contributed by atoms with E-state index < -0.39 is 0 Å². The van der Waals surface area contributed by atoms with Gasteiger partial charge in [0.15, 0.2) is 0 Å². The number of hydrogen-bond donors (Lipinski definition) is 0. The fraction of sp³-hybridized carbons (Fsp3) is 0.571. The first-order valence-corrected chi connectivity index (χ1v) is 6.07. The summed E-state index contributed by atoms with van der Waals surface area (Å²) in [5.41, 5.74) is 2.09. The maximum atomic E-state index is 2.53. The van der Waals surface area contributed by atoms with Crippen molar-refractivity contribution in [2.45, 2.75) is 26.2 Å². The minimum Gasteiger partial charge on any atom is -0.370 e. The molecule has 0 N–H and O–H groups in total. The molecule has 1 saturated heterocycles. The molecule has 2 fully saturated rings. The molecule has 1 nitrogen and oxygen atoms in total. The summed E-state index contributed by atoms with van der Waals surface area (Å²) in [6.45, 7) is 4.99. The third-order valence-electron chi connectivity index (χ3n) is 4.12. The van der Waals surface area contributed by atoms with Gasteiger partial charge < -0.3 is 4.90 Å². The molecule has 0 radical (unpaired) electrons. The van der Waals surface area contributed by atoms with E-state index in [0.29, 0.717) is 5.41 Å². The van der Waals surface area contributed by atoms with E-state index in [9.17, 15) is 0 Å². The Balaban J connectivity index is 1.67. The summed E-state index contributed by atoms with van der Waals surface area (Å²) in [4.78, 5) is 2.53. The second kappa shape index (κ2) is 3.26. The Morgan fingerprint density at radius 3 is 2.53 bits per heavy atom. The van der Waals surface area contributed by atoms with E-state index in [2.05, 4.69) is 42.2 Å². The Morgan fingerprint density at radius 1 is 1.20 bits per heavy atom. The lowest BCUT2D eigenvalue weighted by Gasteiger charge is -2.50. The summed E-state index contributed by atoms with van der Waals surface area (Å²) in [5, 5.41) is 0. The quantitative estimate of drug-likeness (QED) is 0.673. The molecule has 2 aliphatic rings. The zero-order chi connectivity index (χ0) is 10.3. The van der Waals surface area contributed by atoms with Gasteiger partial charge in [0.25, 0.3) is 0 Å². The summed E-state index contributed by atoms with van der Waals surface area (Å²) in [7, 11) is 0. The van der Waals surface area contributed by atoms with E-state index in [4.69, 9.17) is 0 Å². The highest BCUT2D eigenvalue weighted by Gasteiger charge is 2.46. The maximum absolute atomic E-state index is 2.53. The van der Waals surface area contributed by atoms with Gasteiger partial charge in [0.05, 0.1) is 0 Å². The molecule has 3 rings (SSSR count). The molecular formula is C14H19N. The second-order valence-electron chi connectivity index (χ2n) is 5.54. The van der Waals surface area contributed by atoms with Crippen LogP contribution in [0.3, 0.4) is 0 Å². The number of nitrogens with zero attached hydrogens (tertiary/aromatic N) is 1. The lowest BCUT2D eigenvalue weighted by Crippen LogP contribution is -2.55. The molecule has 1 aromatic carbocycles. The van der Waals surface area contributed by atoms with Crippen molar-refractivity contribution in [3.63, 3.8) is 0 Å². The van der Waals surface area contributed by atoms with E-state index in [0.717, 1.165) is 5.92 Å². The van der Waals surface area contributed by atoms with E-state index in [1.54, 1.807) is 0 Å². The van der Waals surface area contributed by atoms with Gasteiger partial charge in [0, 0.05) is 24.2 Å². The van der Waals surface area contributed by atoms with Crippen molar-refractivity contribution in [1.82, 2.24) is 0 Å². The van der Waals surface area contributed by atoms with Gasteiger partial charge in [-0.05, 0) is 30.9 Å². The van der Waals surface area contributed by atoms with Crippen molar-refractivity contribution in [3.05, 3.63) is 30.3 Å². The number of para-hydroxylation sites is 1. The molecule has 1 saturated carbocycles. The summed E-state index contributed by atoms with van der Waals surface area (Å²) in [6, 6.07) is 10.8. The van der Waals surface area contributed by atoms with Crippen LogP contribution >= 0.6 is 0 Å². The average molecular weight is 201 g/mol. The molecule has 1 aliphatic heterocycles. The van der Waals surface area contributed by atoms with E-state index in [1.165, 1.54) is 38.0 Å². The van der Waals surface area contributed by atoms with Crippen molar-refractivity contribution in [2.75, 3.05) is 18.0 Å². The topological polar surface area (TPSA) is 3.24 Å². The largest absolute Gasteiger partial charge is 0.370 e. The summed E-state index contributed by atoms with van der Waals surface area (Å²) >= 11 is 0. The van der Waals surface area contributed by atoms with Gasteiger partial charge in [0.1, 0.15) is 0 Å². The molecule has 1 aliphatic carbocycles. The van der Waals surface area contributed by atoms with Crippen molar-refractivity contribution in [1.29, 1.82) is 0 Å². The zero-order valence-electron chi connectivity index (χ0n) is 9.45. The Morgan fingerprint density at radius 2 is 1.93 bits per heavy atom. The normalized spacial score (nSPS) is 28.1. The van der Waals surface area contributed by atoms with Crippen molar-refractivity contribution >= 4 is 5.69 Å². The minimum absolute atomic E-state index is 0.690. The van der Waals surface area contributed by atoms with Crippen LogP contribution in [0.5, 0.6) is 0 Å². The van der Waals surface area contributed by atoms with Crippen LogP contribution < -0.4 is 4.90 Å². The number of benzene rings is 1. The predicted octanol–water partition coefficient (Wildman–Crippen LogP) is 3.31. The summed E-state index contributed by atoms with van der Waals surface area (Å²) < 4.78 is 0. The highest BCUT2D eigenvalue weighted by Crippen LogP contribution is 2.49. The molecule has 0 aromatic heterocycles. The SMILES string of the molecule is CC1CCC2(C1)CN(c1ccccc1)C2. The van der Waals surface area contributed by atoms with Gasteiger partial charge >= 0.3 is 0 Å². The Hall–Kier alpha value is -0.980. The predicted molar refractivity (Wildman–Crippen MR) is 64.1 cm³/mol. The molecule has 0 amide bonds. The van der Waals surface area contributed by atoms with Crippen LogP contribution in [0.25, 0.3) is 0 Å². The van der Waals surface area contributed by atoms with E-state index >= 15 is 0 Å². The van der Waals surface area contributed by atoms with Crippen molar-refractivity contribution in [3.8, 4) is 0 Å². The Kier molecular flexibility index (Phi) is 2.01. The van der Waals surface area contributed by atoms with Crippen LogP contribution in [-0.4, -0.2) is 13.1 Å². The third kappa shape index (κ3) is 1.54.